The summed E-state index contributed by atoms with van der Waals surface area (Å²) in [5, 5.41) is 10.9. The summed E-state index contributed by atoms with van der Waals surface area (Å²) in [6.45, 7) is 7.95. The van der Waals surface area contributed by atoms with Gasteiger partial charge in [0.05, 0.1) is 23.7 Å². The van der Waals surface area contributed by atoms with E-state index >= 15 is 0 Å². The summed E-state index contributed by atoms with van der Waals surface area (Å²) in [5.74, 6) is -6.37. The van der Waals surface area contributed by atoms with E-state index in [2.05, 4.69) is 0 Å². The van der Waals surface area contributed by atoms with Crippen LogP contribution in [-0.2, 0) is 23.9 Å². The lowest BCUT2D eigenvalue weighted by atomic mass is 9.61. The van der Waals surface area contributed by atoms with Gasteiger partial charge in [-0.05, 0) is 52.3 Å². The summed E-state index contributed by atoms with van der Waals surface area (Å²) in [4.78, 5) is 38.4. The number of halogens is 1. The molecule has 1 aromatic rings. The zero-order valence-corrected chi connectivity index (χ0v) is 16.8. The summed E-state index contributed by atoms with van der Waals surface area (Å²) >= 11 is 0. The van der Waals surface area contributed by atoms with Gasteiger partial charge in [0.2, 0.25) is 0 Å². The first kappa shape index (κ1) is 22.0. The van der Waals surface area contributed by atoms with Crippen molar-refractivity contribution in [2.45, 2.75) is 64.8 Å². The van der Waals surface area contributed by atoms with Crippen molar-refractivity contribution in [2.75, 3.05) is 0 Å². The minimum absolute atomic E-state index is 0.254. The van der Waals surface area contributed by atoms with Gasteiger partial charge in [0.1, 0.15) is 11.7 Å². The van der Waals surface area contributed by atoms with Gasteiger partial charge >= 0.3 is 11.9 Å². The van der Waals surface area contributed by atoms with E-state index < -0.39 is 65.5 Å². The predicted molar refractivity (Wildman–Crippen MR) is 98.8 cm³/mol. The second-order valence-corrected chi connectivity index (χ2v) is 8.01. The maximum Gasteiger partial charge on any atom is 0.317 e. The van der Waals surface area contributed by atoms with Crippen LogP contribution in [0.3, 0.4) is 0 Å². The lowest BCUT2D eigenvalue weighted by molar-refractivity contribution is -0.176. The topological polar surface area (TPSA) is 89.9 Å². The van der Waals surface area contributed by atoms with E-state index in [4.69, 9.17) is 9.47 Å². The lowest BCUT2D eigenvalue weighted by Gasteiger charge is -2.44. The molecule has 7 heteroatoms. The normalized spacial score (nSPS) is 27.8. The Bertz CT molecular complexity index is 747. The van der Waals surface area contributed by atoms with E-state index in [1.54, 1.807) is 27.7 Å². The highest BCUT2D eigenvalue weighted by Gasteiger charge is 2.57. The summed E-state index contributed by atoms with van der Waals surface area (Å²) in [6, 6.07) is 5.32. The molecule has 0 unspecified atom stereocenters. The number of esters is 2. The number of rotatable bonds is 5. The molecular weight excluding hydrogens is 367 g/mol. The largest absolute Gasteiger partial charge is 0.463 e. The highest BCUT2D eigenvalue weighted by Crippen LogP contribution is 2.47. The van der Waals surface area contributed by atoms with Gasteiger partial charge in [-0.15, -0.1) is 0 Å². The Hall–Kier alpha value is -2.28. The zero-order valence-electron chi connectivity index (χ0n) is 16.8. The fourth-order valence-electron chi connectivity index (χ4n) is 3.74. The highest BCUT2D eigenvalue weighted by atomic mass is 19.1. The van der Waals surface area contributed by atoms with Gasteiger partial charge in [-0.2, -0.15) is 0 Å². The molecule has 0 amide bonds. The summed E-state index contributed by atoms with van der Waals surface area (Å²) in [7, 11) is 0. The van der Waals surface area contributed by atoms with Crippen LogP contribution in [0.25, 0.3) is 0 Å². The molecular formula is C21H27FO6. The Labute approximate surface area is 164 Å². The van der Waals surface area contributed by atoms with Gasteiger partial charge in [0.25, 0.3) is 0 Å². The third-order valence-electron chi connectivity index (χ3n) is 4.71. The van der Waals surface area contributed by atoms with Crippen LogP contribution in [0.5, 0.6) is 0 Å². The molecule has 0 aliphatic heterocycles. The van der Waals surface area contributed by atoms with E-state index in [1.165, 1.54) is 25.1 Å². The van der Waals surface area contributed by atoms with Crippen molar-refractivity contribution in [3.05, 3.63) is 35.6 Å². The Kier molecular flexibility index (Phi) is 6.59. The molecule has 0 aromatic heterocycles. The van der Waals surface area contributed by atoms with Crippen LogP contribution in [0.15, 0.2) is 24.3 Å². The average Bonchev–Trinajstić information content (AvgIpc) is 2.51. The monoisotopic (exact) mass is 394 g/mol. The molecule has 1 aliphatic rings. The summed E-state index contributed by atoms with van der Waals surface area (Å²) in [5.41, 5.74) is -1.50. The Morgan fingerprint density at radius 2 is 1.71 bits per heavy atom. The third-order valence-corrected chi connectivity index (χ3v) is 4.71. The summed E-state index contributed by atoms with van der Waals surface area (Å²) < 4.78 is 24.4. The molecule has 2 rings (SSSR count). The van der Waals surface area contributed by atoms with E-state index in [1.807, 2.05) is 0 Å². The van der Waals surface area contributed by atoms with Crippen molar-refractivity contribution >= 4 is 17.7 Å². The molecule has 28 heavy (non-hydrogen) atoms. The Balaban J connectivity index is 2.61. The first-order chi connectivity index (χ1) is 12.9. The van der Waals surface area contributed by atoms with Gasteiger partial charge in [0.15, 0.2) is 5.78 Å². The molecule has 0 saturated heterocycles. The number of hydrogen-bond acceptors (Lipinski definition) is 6. The smallest absolute Gasteiger partial charge is 0.317 e. The molecule has 0 bridgehead atoms. The van der Waals surface area contributed by atoms with Crippen molar-refractivity contribution < 1.29 is 33.4 Å². The molecule has 6 nitrogen and oxygen atoms in total. The van der Waals surface area contributed by atoms with Crippen molar-refractivity contribution in [1.82, 2.24) is 0 Å². The van der Waals surface area contributed by atoms with Crippen LogP contribution in [-0.4, -0.2) is 40.6 Å². The molecule has 154 valence electrons. The van der Waals surface area contributed by atoms with Gasteiger partial charge in [-0.25, -0.2) is 4.39 Å². The van der Waals surface area contributed by atoms with E-state index in [-0.39, 0.29) is 5.56 Å². The van der Waals surface area contributed by atoms with E-state index in [0.717, 1.165) is 6.07 Å². The van der Waals surface area contributed by atoms with Crippen molar-refractivity contribution in [3.8, 4) is 0 Å². The minimum Gasteiger partial charge on any atom is -0.463 e. The van der Waals surface area contributed by atoms with Crippen molar-refractivity contribution in [2.24, 2.45) is 11.8 Å². The molecule has 0 radical (unpaired) electrons. The molecule has 0 spiro atoms. The Morgan fingerprint density at radius 1 is 1.14 bits per heavy atom. The fourth-order valence-corrected chi connectivity index (χ4v) is 3.74. The van der Waals surface area contributed by atoms with Crippen LogP contribution in [0, 0.1) is 17.7 Å². The van der Waals surface area contributed by atoms with Crippen molar-refractivity contribution in [3.63, 3.8) is 0 Å². The highest BCUT2D eigenvalue weighted by molar-refractivity contribution is 6.02. The maximum atomic E-state index is 13.9. The summed E-state index contributed by atoms with van der Waals surface area (Å²) in [6.07, 6.45) is -1.35. The number of hydrogen-bond donors (Lipinski definition) is 1. The van der Waals surface area contributed by atoms with E-state index in [9.17, 15) is 23.9 Å². The van der Waals surface area contributed by atoms with Gasteiger partial charge < -0.3 is 14.6 Å². The number of carbonyl (C=O) groups excluding carboxylic acids is 3. The average molecular weight is 394 g/mol. The molecule has 1 aliphatic carbocycles. The second-order valence-electron chi connectivity index (χ2n) is 8.01. The first-order valence-corrected chi connectivity index (χ1v) is 9.35. The lowest BCUT2D eigenvalue weighted by Crippen LogP contribution is -2.55. The minimum atomic E-state index is -1.76. The number of carbonyl (C=O) groups is 3. The molecule has 1 N–H and O–H groups in total. The van der Waals surface area contributed by atoms with Crippen LogP contribution < -0.4 is 0 Å². The van der Waals surface area contributed by atoms with Gasteiger partial charge in [0, 0.05) is 12.3 Å². The first-order valence-electron chi connectivity index (χ1n) is 9.35. The number of Topliss-reactive ketones (excluding diaryl/α,β-unsaturated/α-hetero) is 1. The molecule has 1 saturated carbocycles. The SMILES string of the molecule is CC(C)OC(=O)[C@H]1C(=O)C[C@](C)(O)[C@@H](C(=O)OC(C)C)[C@H]1c1cccc(F)c1. The standard InChI is InChI=1S/C21H27FO6/c1-11(2)27-19(24)17-15(23)10-21(5,26)18(20(25)28-12(3)4)16(17)13-7-6-8-14(22)9-13/h6-9,11-12,16-18,26H,10H2,1-5H3/t16-,17-,18+,21-/m0/s1. The predicted octanol–water partition coefficient (Wildman–Crippen LogP) is 2.77. The third kappa shape index (κ3) is 4.76. The fraction of sp³-hybridized carbons (Fsp3) is 0.571. The Morgan fingerprint density at radius 3 is 2.25 bits per heavy atom. The number of ether oxygens (including phenoxy) is 2. The van der Waals surface area contributed by atoms with Crippen LogP contribution in [0.4, 0.5) is 4.39 Å². The number of aliphatic hydroxyl groups is 1. The number of ketones is 1. The molecule has 4 atom stereocenters. The molecule has 0 heterocycles. The van der Waals surface area contributed by atoms with Crippen LogP contribution >= 0.6 is 0 Å². The quantitative estimate of drug-likeness (QED) is 0.610. The molecule has 1 aromatic carbocycles. The number of benzene rings is 1. The van der Waals surface area contributed by atoms with Gasteiger partial charge in [-0.1, -0.05) is 12.1 Å². The van der Waals surface area contributed by atoms with Crippen LogP contribution in [0.2, 0.25) is 0 Å². The van der Waals surface area contributed by atoms with Gasteiger partial charge in [-0.3, -0.25) is 14.4 Å². The van der Waals surface area contributed by atoms with Crippen LogP contribution in [0.1, 0.15) is 52.5 Å². The van der Waals surface area contributed by atoms with Crippen molar-refractivity contribution in [1.29, 1.82) is 0 Å². The molecule has 1 fully saturated rings. The maximum absolute atomic E-state index is 13.9. The van der Waals surface area contributed by atoms with E-state index in [0.29, 0.717) is 0 Å². The second kappa shape index (κ2) is 8.39. The zero-order chi connectivity index (χ0) is 21.2.